The van der Waals surface area contributed by atoms with E-state index in [1.807, 2.05) is 6.07 Å². The molecule has 2 rings (SSSR count). The summed E-state index contributed by atoms with van der Waals surface area (Å²) in [6, 6.07) is 3.62. The van der Waals surface area contributed by atoms with Crippen molar-refractivity contribution in [1.29, 1.82) is 0 Å². The zero-order chi connectivity index (χ0) is 9.97. The van der Waals surface area contributed by atoms with E-state index >= 15 is 0 Å². The molecule has 2 heterocycles. The van der Waals surface area contributed by atoms with Crippen LogP contribution in [0.4, 0.5) is 5.00 Å². The van der Waals surface area contributed by atoms with E-state index in [9.17, 15) is 10.1 Å². The minimum Gasteiger partial charge on any atom is -0.314 e. The molecule has 0 radical (unpaired) electrons. The van der Waals surface area contributed by atoms with Crippen LogP contribution in [-0.2, 0) is 0 Å². The molecule has 0 spiro atoms. The van der Waals surface area contributed by atoms with Gasteiger partial charge in [-0.3, -0.25) is 10.1 Å². The van der Waals surface area contributed by atoms with E-state index in [1.54, 1.807) is 6.07 Å². The van der Waals surface area contributed by atoms with Crippen LogP contribution in [0.2, 0.25) is 0 Å². The Morgan fingerprint density at radius 1 is 1.50 bits per heavy atom. The molecule has 1 atom stereocenters. The first-order chi connectivity index (χ1) is 6.77. The number of nitrogens with zero attached hydrogens (tertiary/aromatic N) is 1. The van der Waals surface area contributed by atoms with Crippen molar-refractivity contribution in [3.05, 3.63) is 27.1 Å². The molecule has 6 heteroatoms. The Bertz CT molecular complexity index is 333. The van der Waals surface area contributed by atoms with Crippen LogP contribution in [-0.4, -0.2) is 24.6 Å². The van der Waals surface area contributed by atoms with Crippen LogP contribution < -0.4 is 10.6 Å². The summed E-state index contributed by atoms with van der Waals surface area (Å²) in [4.78, 5) is 11.2. The number of thiophene rings is 1. The monoisotopic (exact) mass is 213 g/mol. The highest BCUT2D eigenvalue weighted by Crippen LogP contribution is 2.28. The zero-order valence-electron chi connectivity index (χ0n) is 7.53. The van der Waals surface area contributed by atoms with Crippen LogP contribution in [0.15, 0.2) is 12.1 Å². The van der Waals surface area contributed by atoms with Crippen LogP contribution in [0, 0.1) is 10.1 Å². The van der Waals surface area contributed by atoms with Crippen molar-refractivity contribution >= 4 is 16.3 Å². The van der Waals surface area contributed by atoms with E-state index < -0.39 is 0 Å². The molecule has 0 aromatic carbocycles. The molecule has 1 fully saturated rings. The van der Waals surface area contributed by atoms with Crippen molar-refractivity contribution in [1.82, 2.24) is 10.6 Å². The van der Waals surface area contributed by atoms with Gasteiger partial charge in [0, 0.05) is 30.6 Å². The lowest BCUT2D eigenvalue weighted by Crippen LogP contribution is -2.42. The molecule has 1 saturated heterocycles. The van der Waals surface area contributed by atoms with Gasteiger partial charge in [-0.15, -0.1) is 0 Å². The molecule has 5 nitrogen and oxygen atoms in total. The molecule has 1 aliphatic heterocycles. The maximum Gasteiger partial charge on any atom is 0.324 e. The van der Waals surface area contributed by atoms with E-state index in [2.05, 4.69) is 10.6 Å². The van der Waals surface area contributed by atoms with Gasteiger partial charge >= 0.3 is 5.00 Å². The Morgan fingerprint density at radius 3 is 2.93 bits per heavy atom. The van der Waals surface area contributed by atoms with Crippen LogP contribution in [0.5, 0.6) is 0 Å². The highest BCUT2D eigenvalue weighted by atomic mass is 32.1. The second kappa shape index (κ2) is 4.04. The summed E-state index contributed by atoms with van der Waals surface area (Å²) in [5.41, 5.74) is 0. The van der Waals surface area contributed by atoms with Gasteiger partial charge in [-0.2, -0.15) is 0 Å². The van der Waals surface area contributed by atoms with Crippen LogP contribution in [0.25, 0.3) is 0 Å². The molecule has 2 N–H and O–H groups in total. The highest BCUT2D eigenvalue weighted by Gasteiger charge is 2.19. The van der Waals surface area contributed by atoms with E-state index in [0.717, 1.165) is 24.5 Å². The minimum absolute atomic E-state index is 0.215. The quantitative estimate of drug-likeness (QED) is 0.565. The molecule has 0 unspecified atom stereocenters. The van der Waals surface area contributed by atoms with Crippen molar-refractivity contribution in [2.75, 3.05) is 19.6 Å². The van der Waals surface area contributed by atoms with Crippen LogP contribution in [0.1, 0.15) is 10.9 Å². The van der Waals surface area contributed by atoms with Crippen molar-refractivity contribution in [2.45, 2.75) is 6.04 Å². The van der Waals surface area contributed by atoms with E-state index in [1.165, 1.54) is 11.3 Å². The molecule has 1 aromatic heterocycles. The molecular formula is C8H11N3O2S. The summed E-state index contributed by atoms with van der Waals surface area (Å²) < 4.78 is 0. The lowest BCUT2D eigenvalue weighted by Gasteiger charge is -2.23. The first-order valence-electron chi connectivity index (χ1n) is 4.45. The first kappa shape index (κ1) is 9.57. The normalized spacial score (nSPS) is 22.1. The second-order valence-electron chi connectivity index (χ2n) is 3.14. The standard InChI is InChI=1S/C8H11N3O2S/c12-11(13)8-2-1-7(14-8)6-5-9-3-4-10-6/h1-2,6,9-10H,3-5H2/t6-/m0/s1. The lowest BCUT2D eigenvalue weighted by molar-refractivity contribution is -0.380. The number of nitrogens with one attached hydrogen (secondary N) is 2. The first-order valence-corrected chi connectivity index (χ1v) is 5.27. The fourth-order valence-electron chi connectivity index (χ4n) is 1.48. The Labute approximate surface area is 85.3 Å². The predicted octanol–water partition coefficient (Wildman–Crippen LogP) is 0.890. The van der Waals surface area contributed by atoms with Gasteiger partial charge in [-0.25, -0.2) is 0 Å². The lowest BCUT2D eigenvalue weighted by atomic mass is 10.2. The van der Waals surface area contributed by atoms with E-state index in [4.69, 9.17) is 0 Å². The van der Waals surface area contributed by atoms with Gasteiger partial charge in [0.1, 0.15) is 0 Å². The van der Waals surface area contributed by atoms with Crippen molar-refractivity contribution in [3.63, 3.8) is 0 Å². The molecular weight excluding hydrogens is 202 g/mol. The molecule has 0 amide bonds. The Balaban J connectivity index is 2.11. The minimum atomic E-state index is -0.343. The third-order valence-electron chi connectivity index (χ3n) is 2.18. The number of hydrogen-bond acceptors (Lipinski definition) is 5. The second-order valence-corrected chi connectivity index (χ2v) is 4.24. The number of rotatable bonds is 2. The maximum atomic E-state index is 10.5. The van der Waals surface area contributed by atoms with Gasteiger partial charge < -0.3 is 10.6 Å². The smallest absolute Gasteiger partial charge is 0.314 e. The van der Waals surface area contributed by atoms with Crippen LogP contribution in [0.3, 0.4) is 0 Å². The van der Waals surface area contributed by atoms with Gasteiger partial charge in [0.05, 0.1) is 11.0 Å². The van der Waals surface area contributed by atoms with Crippen molar-refractivity contribution in [3.8, 4) is 0 Å². The SMILES string of the molecule is O=[N+]([O-])c1ccc([C@@H]2CNCCN2)s1. The average Bonchev–Trinajstić information content (AvgIpc) is 2.68. The molecule has 14 heavy (non-hydrogen) atoms. The summed E-state index contributed by atoms with van der Waals surface area (Å²) in [6.07, 6.45) is 0. The summed E-state index contributed by atoms with van der Waals surface area (Å²) >= 11 is 1.25. The molecule has 0 saturated carbocycles. The maximum absolute atomic E-state index is 10.5. The van der Waals surface area contributed by atoms with Gasteiger partial charge in [-0.05, 0) is 6.07 Å². The summed E-state index contributed by atoms with van der Waals surface area (Å²) in [5.74, 6) is 0. The van der Waals surface area contributed by atoms with Gasteiger partial charge in [0.2, 0.25) is 0 Å². The fraction of sp³-hybridized carbons (Fsp3) is 0.500. The van der Waals surface area contributed by atoms with Gasteiger partial charge in [0.25, 0.3) is 0 Å². The van der Waals surface area contributed by atoms with E-state index in [0.29, 0.717) is 0 Å². The van der Waals surface area contributed by atoms with E-state index in [-0.39, 0.29) is 16.0 Å². The largest absolute Gasteiger partial charge is 0.324 e. The predicted molar refractivity (Wildman–Crippen MR) is 54.6 cm³/mol. The number of nitro groups is 1. The molecule has 0 bridgehead atoms. The average molecular weight is 213 g/mol. The molecule has 76 valence electrons. The van der Waals surface area contributed by atoms with Crippen LogP contribution >= 0.6 is 11.3 Å². The summed E-state index contributed by atoms with van der Waals surface area (Å²) in [5, 5.41) is 17.3. The topological polar surface area (TPSA) is 67.2 Å². The highest BCUT2D eigenvalue weighted by molar-refractivity contribution is 7.15. The Kier molecular flexibility index (Phi) is 2.76. The Morgan fingerprint density at radius 2 is 2.36 bits per heavy atom. The molecule has 0 aliphatic carbocycles. The summed E-state index contributed by atoms with van der Waals surface area (Å²) in [6.45, 7) is 2.72. The summed E-state index contributed by atoms with van der Waals surface area (Å²) in [7, 11) is 0. The van der Waals surface area contributed by atoms with Crippen molar-refractivity contribution in [2.24, 2.45) is 0 Å². The van der Waals surface area contributed by atoms with Gasteiger partial charge in [-0.1, -0.05) is 11.3 Å². The molecule has 1 aromatic rings. The third kappa shape index (κ3) is 1.92. The molecule has 1 aliphatic rings. The number of hydrogen-bond donors (Lipinski definition) is 2. The van der Waals surface area contributed by atoms with Crippen molar-refractivity contribution < 1.29 is 4.92 Å². The zero-order valence-corrected chi connectivity index (χ0v) is 8.34. The fourth-order valence-corrected chi connectivity index (χ4v) is 2.38. The number of piperazine rings is 1. The Hall–Kier alpha value is -0.980. The van der Waals surface area contributed by atoms with Gasteiger partial charge in [0.15, 0.2) is 0 Å². The third-order valence-corrected chi connectivity index (χ3v) is 3.33.